The second-order valence-electron chi connectivity index (χ2n) is 5.47. The summed E-state index contributed by atoms with van der Waals surface area (Å²) in [5.74, 6) is 3.18. The zero-order chi connectivity index (χ0) is 14.5. The number of fused-ring (bicyclic) bond motifs is 1. The maximum Gasteiger partial charge on any atom is 0.224 e. The van der Waals surface area contributed by atoms with Crippen LogP contribution in [0.4, 0.5) is 5.95 Å². The quantitative estimate of drug-likeness (QED) is 0.723. The average molecular weight is 277 g/mol. The third kappa shape index (κ3) is 3.82. The summed E-state index contributed by atoms with van der Waals surface area (Å²) in [6.45, 7) is 0. The molecule has 1 aromatic rings. The largest absolute Gasteiger partial charge is 0.351 e. The first-order chi connectivity index (χ1) is 10.3. The molecule has 0 aromatic carbocycles. The lowest BCUT2D eigenvalue weighted by molar-refractivity contribution is 0.461. The maximum atomic E-state index is 5.28. The first kappa shape index (κ1) is 13.6. The van der Waals surface area contributed by atoms with Gasteiger partial charge in [-0.15, -0.1) is 6.42 Å². The van der Waals surface area contributed by atoms with Crippen molar-refractivity contribution in [3.05, 3.63) is 42.2 Å². The highest BCUT2D eigenvalue weighted by Crippen LogP contribution is 2.32. The Morgan fingerprint density at radius 3 is 2.43 bits per heavy atom. The Labute approximate surface area is 125 Å². The van der Waals surface area contributed by atoms with Gasteiger partial charge in [0.1, 0.15) is 5.69 Å². The van der Waals surface area contributed by atoms with Crippen molar-refractivity contribution >= 4 is 5.95 Å². The third-order valence-corrected chi connectivity index (χ3v) is 3.85. The van der Waals surface area contributed by atoms with Crippen LogP contribution in [0.2, 0.25) is 0 Å². The summed E-state index contributed by atoms with van der Waals surface area (Å²) in [5.41, 5.74) is 3.49. The zero-order valence-corrected chi connectivity index (χ0v) is 12.0. The highest BCUT2D eigenvalue weighted by Gasteiger charge is 2.13. The minimum Gasteiger partial charge on any atom is -0.351 e. The van der Waals surface area contributed by atoms with Gasteiger partial charge in [0.15, 0.2) is 0 Å². The van der Waals surface area contributed by atoms with E-state index in [0.717, 1.165) is 0 Å². The van der Waals surface area contributed by atoms with E-state index in [0.29, 0.717) is 17.7 Å². The molecule has 0 saturated heterocycles. The van der Waals surface area contributed by atoms with E-state index in [2.05, 4.69) is 45.5 Å². The van der Waals surface area contributed by atoms with Crippen LogP contribution >= 0.6 is 0 Å². The molecule has 0 unspecified atom stereocenters. The van der Waals surface area contributed by atoms with Gasteiger partial charge in [-0.2, -0.15) is 0 Å². The van der Waals surface area contributed by atoms with Gasteiger partial charge < -0.3 is 5.32 Å². The van der Waals surface area contributed by atoms with Crippen LogP contribution < -0.4 is 5.32 Å². The lowest BCUT2D eigenvalue weighted by atomic mass is 9.96. The van der Waals surface area contributed by atoms with Crippen molar-refractivity contribution in [3.63, 3.8) is 0 Å². The molecule has 0 bridgehead atoms. The lowest BCUT2D eigenvalue weighted by Gasteiger charge is -2.22. The number of benzene rings is 1. The number of hydrogen-bond acceptors (Lipinski definition) is 3. The Morgan fingerprint density at radius 1 is 1.10 bits per heavy atom. The number of aromatic nitrogens is 2. The fourth-order valence-corrected chi connectivity index (χ4v) is 2.61. The van der Waals surface area contributed by atoms with E-state index < -0.39 is 0 Å². The molecule has 3 heteroatoms. The van der Waals surface area contributed by atoms with Crippen molar-refractivity contribution in [1.82, 2.24) is 9.97 Å². The van der Waals surface area contributed by atoms with Gasteiger partial charge in [-0.25, -0.2) is 9.97 Å². The third-order valence-electron chi connectivity index (χ3n) is 3.85. The fraction of sp³-hybridized carbons (Fsp3) is 0.333. The molecule has 1 N–H and O–H groups in total. The summed E-state index contributed by atoms with van der Waals surface area (Å²) >= 11 is 0. The predicted molar refractivity (Wildman–Crippen MR) is 85.9 cm³/mol. The molecule has 1 heterocycles. The van der Waals surface area contributed by atoms with Crippen LogP contribution in [0.15, 0.2) is 36.5 Å². The van der Waals surface area contributed by atoms with Gasteiger partial charge in [-0.3, -0.25) is 0 Å². The molecule has 3 aliphatic carbocycles. The minimum absolute atomic E-state index is 0.520. The topological polar surface area (TPSA) is 37.8 Å². The van der Waals surface area contributed by atoms with Gasteiger partial charge in [0.2, 0.25) is 5.95 Å². The van der Waals surface area contributed by atoms with Crippen molar-refractivity contribution in [2.24, 2.45) is 0 Å². The predicted octanol–water partition coefficient (Wildman–Crippen LogP) is 3.87. The molecule has 106 valence electrons. The van der Waals surface area contributed by atoms with Crippen LogP contribution in [0, 0.1) is 12.3 Å². The zero-order valence-electron chi connectivity index (χ0n) is 12.0. The summed E-state index contributed by atoms with van der Waals surface area (Å²) in [5, 5.41) is 3.34. The number of hydrogen-bond donors (Lipinski definition) is 1. The number of terminal acetylenes is 1. The molecule has 0 amide bonds. The molecule has 3 nitrogen and oxygen atoms in total. The molecule has 0 atom stereocenters. The fourth-order valence-electron chi connectivity index (χ4n) is 2.61. The van der Waals surface area contributed by atoms with Gasteiger partial charge in [0, 0.05) is 12.2 Å². The van der Waals surface area contributed by atoms with E-state index in [9.17, 15) is 0 Å². The second-order valence-corrected chi connectivity index (χ2v) is 5.47. The van der Waals surface area contributed by atoms with Gasteiger partial charge >= 0.3 is 0 Å². The molecule has 1 aromatic heterocycles. The van der Waals surface area contributed by atoms with E-state index in [-0.39, 0.29) is 0 Å². The van der Waals surface area contributed by atoms with Crippen molar-refractivity contribution in [1.29, 1.82) is 0 Å². The Balaban J connectivity index is 0.000000180. The van der Waals surface area contributed by atoms with E-state index in [1.54, 1.807) is 12.3 Å². The van der Waals surface area contributed by atoms with Crippen LogP contribution in [0.5, 0.6) is 0 Å². The van der Waals surface area contributed by atoms with Gasteiger partial charge in [-0.1, -0.05) is 43.4 Å². The van der Waals surface area contributed by atoms with Gasteiger partial charge in [-0.05, 0) is 36.1 Å². The molecule has 0 aliphatic heterocycles. The van der Waals surface area contributed by atoms with Crippen molar-refractivity contribution in [2.75, 3.05) is 5.32 Å². The van der Waals surface area contributed by atoms with Crippen molar-refractivity contribution in [2.45, 2.75) is 38.1 Å². The van der Waals surface area contributed by atoms with Crippen LogP contribution in [-0.4, -0.2) is 16.0 Å². The number of nitrogens with zero attached hydrogens (tertiary/aromatic N) is 2. The summed E-state index contributed by atoms with van der Waals surface area (Å²) in [4.78, 5) is 8.39. The molecule has 0 radical (unpaired) electrons. The second kappa shape index (κ2) is 6.41. The van der Waals surface area contributed by atoms with E-state index in [4.69, 9.17) is 6.42 Å². The smallest absolute Gasteiger partial charge is 0.224 e. The van der Waals surface area contributed by atoms with Crippen LogP contribution in [0.3, 0.4) is 0 Å². The Hall–Kier alpha value is -2.34. The number of nitrogens with one attached hydrogen (secondary N) is 1. The van der Waals surface area contributed by atoms with Crippen LogP contribution in [0.25, 0.3) is 11.1 Å². The Bertz CT molecular complexity index is 634. The molecule has 3 aliphatic rings. The molecule has 1 fully saturated rings. The normalized spacial score (nSPS) is 15.4. The standard InChI is InChI=1S/C12H15N3.C6H4/c1-2-10-8-9-13-12(14-10)15-11-6-4-3-5-7-11;1-2-5-4-6(5)3-1/h1,8-9,11H,3-7H2,(H,13,14,15);1-4H. The molecule has 0 spiro atoms. The molecule has 4 rings (SSSR count). The maximum absolute atomic E-state index is 5.28. The molecular weight excluding hydrogens is 258 g/mol. The minimum atomic E-state index is 0.520. The number of anilines is 1. The van der Waals surface area contributed by atoms with Gasteiger partial charge in [0.05, 0.1) is 0 Å². The Morgan fingerprint density at radius 2 is 1.86 bits per heavy atom. The van der Waals surface area contributed by atoms with Crippen LogP contribution in [0.1, 0.15) is 37.8 Å². The molecule has 21 heavy (non-hydrogen) atoms. The van der Waals surface area contributed by atoms with E-state index in [1.165, 1.54) is 43.2 Å². The molecular formula is C18H19N3. The van der Waals surface area contributed by atoms with Gasteiger partial charge in [0.25, 0.3) is 0 Å². The summed E-state index contributed by atoms with van der Waals surface area (Å²) < 4.78 is 0. The first-order valence-electron chi connectivity index (χ1n) is 7.52. The average Bonchev–Trinajstić information content (AvgIpc) is 3.15. The lowest BCUT2D eigenvalue weighted by Crippen LogP contribution is -2.23. The molecule has 1 saturated carbocycles. The van der Waals surface area contributed by atoms with E-state index in [1.807, 2.05) is 0 Å². The summed E-state index contributed by atoms with van der Waals surface area (Å²) in [6.07, 6.45) is 13.4. The summed E-state index contributed by atoms with van der Waals surface area (Å²) in [7, 11) is 0. The SMILES string of the molecule is C#Cc1ccnc(NC2CCCCC2)n1.c1cc2cc-2c1. The number of rotatable bonds is 2. The summed E-state index contributed by atoms with van der Waals surface area (Å²) in [6, 6.07) is 10.7. The van der Waals surface area contributed by atoms with Crippen molar-refractivity contribution in [3.8, 4) is 23.5 Å². The Kier molecular flexibility index (Phi) is 4.16. The highest BCUT2D eigenvalue weighted by atomic mass is 15.1. The first-order valence-corrected chi connectivity index (χ1v) is 7.52. The van der Waals surface area contributed by atoms with Crippen LogP contribution in [-0.2, 0) is 0 Å². The van der Waals surface area contributed by atoms with E-state index >= 15 is 0 Å². The van der Waals surface area contributed by atoms with Crippen molar-refractivity contribution < 1.29 is 0 Å². The monoisotopic (exact) mass is 277 g/mol. The highest BCUT2D eigenvalue weighted by molar-refractivity contribution is 5.80.